The number of hydrogen-bond donors (Lipinski definition) is 2. The van der Waals surface area contributed by atoms with E-state index in [1.807, 2.05) is 13.8 Å². The Morgan fingerprint density at radius 3 is 2.42 bits per heavy atom. The van der Waals surface area contributed by atoms with Crippen molar-refractivity contribution in [1.82, 2.24) is 5.06 Å². The van der Waals surface area contributed by atoms with Crippen molar-refractivity contribution in [1.29, 1.82) is 0 Å². The first-order valence-corrected chi connectivity index (χ1v) is 8.67. The van der Waals surface area contributed by atoms with E-state index in [0.29, 0.717) is 6.61 Å². The molecule has 0 radical (unpaired) electrons. The summed E-state index contributed by atoms with van der Waals surface area (Å²) in [6, 6.07) is 8.71. The molecule has 24 heavy (non-hydrogen) atoms. The molecule has 1 fully saturated rings. The summed E-state index contributed by atoms with van der Waals surface area (Å²) in [5.74, 6) is 1.12. The van der Waals surface area contributed by atoms with Crippen molar-refractivity contribution < 1.29 is 4.84 Å². The number of aliphatic imine (C=N–C) groups is 2. The third-order valence-corrected chi connectivity index (χ3v) is 4.74. The van der Waals surface area contributed by atoms with Gasteiger partial charge in [-0.3, -0.25) is 4.84 Å². The van der Waals surface area contributed by atoms with Crippen LogP contribution < -0.4 is 11.5 Å². The Labute approximate surface area is 143 Å². The van der Waals surface area contributed by atoms with Gasteiger partial charge in [-0.2, -0.15) is 10.1 Å². The molecule has 0 spiro atoms. The Morgan fingerprint density at radius 1 is 1.12 bits per heavy atom. The molecule has 1 aliphatic carbocycles. The molecule has 0 bridgehead atoms. The van der Waals surface area contributed by atoms with Crippen LogP contribution in [0.15, 0.2) is 34.3 Å². The Hall–Kier alpha value is -2.08. The van der Waals surface area contributed by atoms with Crippen LogP contribution in [0.25, 0.3) is 0 Å². The van der Waals surface area contributed by atoms with E-state index in [1.165, 1.54) is 42.7 Å². The standard InChI is InChI=1S/C18H27N5O/c1-18(2)22-16(19)21-17(20)23(18)24-12-13-8-10-15(11-9-13)14-6-4-3-5-7-14/h8-11,14H,3-7,12H2,1-2H3,(H4,19,20,21,22). The van der Waals surface area contributed by atoms with Crippen LogP contribution in [-0.2, 0) is 11.4 Å². The Kier molecular flexibility index (Phi) is 4.76. The van der Waals surface area contributed by atoms with Crippen LogP contribution in [0.5, 0.6) is 0 Å². The van der Waals surface area contributed by atoms with Gasteiger partial charge >= 0.3 is 0 Å². The lowest BCUT2D eigenvalue weighted by Crippen LogP contribution is -2.53. The maximum Gasteiger partial charge on any atom is 0.226 e. The second-order valence-electron chi connectivity index (χ2n) is 7.08. The van der Waals surface area contributed by atoms with Gasteiger partial charge in [0.15, 0.2) is 5.66 Å². The van der Waals surface area contributed by atoms with Crippen LogP contribution in [0.4, 0.5) is 0 Å². The van der Waals surface area contributed by atoms with Crippen molar-refractivity contribution >= 4 is 11.9 Å². The van der Waals surface area contributed by atoms with E-state index in [0.717, 1.165) is 11.5 Å². The zero-order valence-electron chi connectivity index (χ0n) is 14.5. The van der Waals surface area contributed by atoms with Gasteiger partial charge in [0.05, 0.1) is 0 Å². The van der Waals surface area contributed by atoms with E-state index in [4.69, 9.17) is 16.3 Å². The Bertz CT molecular complexity index is 629. The van der Waals surface area contributed by atoms with Crippen LogP contribution >= 0.6 is 0 Å². The predicted molar refractivity (Wildman–Crippen MR) is 96.2 cm³/mol. The molecule has 1 aromatic rings. The van der Waals surface area contributed by atoms with Crippen LogP contribution in [0.3, 0.4) is 0 Å². The van der Waals surface area contributed by atoms with E-state index in [9.17, 15) is 0 Å². The molecule has 6 heteroatoms. The summed E-state index contributed by atoms with van der Waals surface area (Å²) in [5.41, 5.74) is 13.4. The molecule has 6 nitrogen and oxygen atoms in total. The zero-order valence-corrected chi connectivity index (χ0v) is 14.5. The molecular weight excluding hydrogens is 302 g/mol. The number of nitrogens with zero attached hydrogens (tertiary/aromatic N) is 3. The van der Waals surface area contributed by atoms with Gasteiger partial charge in [0.2, 0.25) is 11.9 Å². The highest BCUT2D eigenvalue weighted by atomic mass is 16.7. The summed E-state index contributed by atoms with van der Waals surface area (Å²) in [6.45, 7) is 4.18. The summed E-state index contributed by atoms with van der Waals surface area (Å²) in [5, 5.41) is 1.51. The molecule has 1 saturated carbocycles. The first-order chi connectivity index (χ1) is 11.5. The Morgan fingerprint density at radius 2 is 1.79 bits per heavy atom. The Balaban J connectivity index is 1.61. The summed E-state index contributed by atoms with van der Waals surface area (Å²) in [4.78, 5) is 14.1. The number of rotatable bonds is 4. The van der Waals surface area contributed by atoms with E-state index >= 15 is 0 Å². The molecule has 0 saturated heterocycles. The second-order valence-corrected chi connectivity index (χ2v) is 7.08. The smallest absolute Gasteiger partial charge is 0.226 e. The van der Waals surface area contributed by atoms with Crippen molar-refractivity contribution in [2.24, 2.45) is 21.5 Å². The van der Waals surface area contributed by atoms with E-state index in [2.05, 4.69) is 34.3 Å². The highest BCUT2D eigenvalue weighted by molar-refractivity contribution is 5.95. The first kappa shape index (κ1) is 16.8. The molecule has 4 N–H and O–H groups in total. The van der Waals surface area contributed by atoms with Crippen molar-refractivity contribution in [2.75, 3.05) is 0 Å². The first-order valence-electron chi connectivity index (χ1n) is 8.67. The van der Waals surface area contributed by atoms with Gasteiger partial charge in [-0.1, -0.05) is 43.5 Å². The van der Waals surface area contributed by atoms with Crippen LogP contribution in [0, 0.1) is 0 Å². The summed E-state index contributed by atoms with van der Waals surface area (Å²) >= 11 is 0. The average Bonchev–Trinajstić information content (AvgIpc) is 2.54. The van der Waals surface area contributed by atoms with E-state index in [1.54, 1.807) is 0 Å². The van der Waals surface area contributed by atoms with Crippen molar-refractivity contribution in [3.05, 3.63) is 35.4 Å². The fraction of sp³-hybridized carbons (Fsp3) is 0.556. The maximum absolute atomic E-state index is 5.92. The molecule has 1 aromatic carbocycles. The topological polar surface area (TPSA) is 89.2 Å². The van der Waals surface area contributed by atoms with Gasteiger partial charge in [0.25, 0.3) is 0 Å². The quantitative estimate of drug-likeness (QED) is 0.889. The molecular formula is C18H27N5O. The summed E-state index contributed by atoms with van der Waals surface area (Å²) in [6.07, 6.45) is 6.70. The molecule has 0 atom stereocenters. The lowest BCUT2D eigenvalue weighted by Gasteiger charge is -2.36. The van der Waals surface area contributed by atoms with Crippen LogP contribution in [-0.4, -0.2) is 22.6 Å². The third-order valence-electron chi connectivity index (χ3n) is 4.74. The fourth-order valence-electron chi connectivity index (χ4n) is 3.48. The van der Waals surface area contributed by atoms with E-state index in [-0.39, 0.29) is 11.9 Å². The van der Waals surface area contributed by atoms with Gasteiger partial charge in [-0.25, -0.2) is 4.99 Å². The molecule has 3 rings (SSSR count). The largest absolute Gasteiger partial charge is 0.368 e. The molecule has 0 aromatic heterocycles. The molecule has 130 valence electrons. The van der Waals surface area contributed by atoms with Crippen molar-refractivity contribution in [2.45, 2.75) is 64.1 Å². The number of guanidine groups is 2. The minimum absolute atomic E-state index is 0.175. The van der Waals surface area contributed by atoms with Gasteiger partial charge < -0.3 is 11.5 Å². The summed E-state index contributed by atoms with van der Waals surface area (Å²) in [7, 11) is 0. The fourth-order valence-corrected chi connectivity index (χ4v) is 3.48. The van der Waals surface area contributed by atoms with Gasteiger partial charge in [-0.05, 0) is 43.7 Å². The van der Waals surface area contributed by atoms with Gasteiger partial charge in [0.1, 0.15) is 6.61 Å². The number of benzene rings is 1. The number of hydrogen-bond acceptors (Lipinski definition) is 6. The highest BCUT2D eigenvalue weighted by Gasteiger charge is 2.33. The third kappa shape index (κ3) is 3.70. The molecule has 0 amide bonds. The molecule has 0 unspecified atom stereocenters. The maximum atomic E-state index is 5.92. The predicted octanol–water partition coefficient (Wildman–Crippen LogP) is 2.85. The van der Waals surface area contributed by atoms with E-state index < -0.39 is 5.66 Å². The molecule has 1 heterocycles. The lowest BCUT2D eigenvalue weighted by molar-refractivity contribution is -0.166. The van der Waals surface area contributed by atoms with Crippen molar-refractivity contribution in [3.63, 3.8) is 0 Å². The number of hydroxylamine groups is 2. The SMILES string of the molecule is CC1(C)N=C(N)N=C(N)N1OCc1ccc(C2CCCCC2)cc1. The summed E-state index contributed by atoms with van der Waals surface area (Å²) < 4.78 is 0. The van der Waals surface area contributed by atoms with Gasteiger partial charge in [-0.15, -0.1) is 0 Å². The average molecular weight is 329 g/mol. The zero-order chi connectivity index (χ0) is 17.2. The normalized spacial score (nSPS) is 21.3. The lowest BCUT2D eigenvalue weighted by atomic mass is 9.84. The van der Waals surface area contributed by atoms with Crippen LogP contribution in [0.1, 0.15) is 63.0 Å². The minimum atomic E-state index is -0.669. The molecule has 1 aliphatic heterocycles. The highest BCUT2D eigenvalue weighted by Crippen LogP contribution is 2.32. The molecule has 2 aliphatic rings. The number of nitrogens with two attached hydrogens (primary N) is 2. The van der Waals surface area contributed by atoms with Gasteiger partial charge in [0, 0.05) is 0 Å². The minimum Gasteiger partial charge on any atom is -0.368 e. The van der Waals surface area contributed by atoms with Crippen molar-refractivity contribution in [3.8, 4) is 0 Å². The van der Waals surface area contributed by atoms with Crippen LogP contribution in [0.2, 0.25) is 0 Å². The second kappa shape index (κ2) is 6.81. The monoisotopic (exact) mass is 329 g/mol.